The average Bonchev–Trinajstić information content (AvgIpc) is 2.52. The molecule has 0 atom stereocenters. The van der Waals surface area contributed by atoms with Gasteiger partial charge in [0.1, 0.15) is 5.75 Å². The topological polar surface area (TPSA) is 50.7 Å². The van der Waals surface area contributed by atoms with Crippen LogP contribution < -0.4 is 10.2 Å². The Labute approximate surface area is 148 Å². The van der Waals surface area contributed by atoms with E-state index in [1.54, 1.807) is 18.3 Å². The first-order valence-electron chi connectivity index (χ1n) is 6.92. The van der Waals surface area contributed by atoms with E-state index in [4.69, 9.17) is 16.3 Å². The fourth-order valence-electron chi connectivity index (χ4n) is 1.90. The minimum Gasteiger partial charge on any atom is -0.484 e. The zero-order chi connectivity index (χ0) is 16.8. The third-order valence-corrected chi connectivity index (χ3v) is 4.18. The molecule has 2 aromatic carbocycles. The quantitative estimate of drug-likeness (QED) is 0.608. The Morgan fingerprint density at radius 3 is 2.48 bits per heavy atom. The van der Waals surface area contributed by atoms with Crippen LogP contribution in [0.25, 0.3) is 0 Å². The van der Waals surface area contributed by atoms with Crippen molar-refractivity contribution in [3.8, 4) is 5.75 Å². The summed E-state index contributed by atoms with van der Waals surface area (Å²) in [6.45, 7) is 3.67. The summed E-state index contributed by atoms with van der Waals surface area (Å²) in [4.78, 5) is 11.7. The Bertz CT molecular complexity index is 707. The second kappa shape index (κ2) is 8.13. The monoisotopic (exact) mass is 394 g/mol. The molecule has 1 N–H and O–H groups in total. The number of nitrogens with one attached hydrogen (secondary N) is 1. The van der Waals surface area contributed by atoms with Crippen molar-refractivity contribution in [2.75, 3.05) is 6.61 Å². The van der Waals surface area contributed by atoms with E-state index in [-0.39, 0.29) is 12.5 Å². The number of carbonyl (C=O) groups excluding carboxylic acids is 1. The van der Waals surface area contributed by atoms with Gasteiger partial charge in [0.15, 0.2) is 6.61 Å². The maximum atomic E-state index is 11.7. The van der Waals surface area contributed by atoms with Gasteiger partial charge >= 0.3 is 0 Å². The summed E-state index contributed by atoms with van der Waals surface area (Å²) < 4.78 is 6.44. The number of aryl methyl sites for hydroxylation is 2. The molecule has 0 heterocycles. The van der Waals surface area contributed by atoms with Crippen molar-refractivity contribution in [3.05, 3.63) is 62.6 Å². The maximum absolute atomic E-state index is 11.7. The van der Waals surface area contributed by atoms with Gasteiger partial charge in [0, 0.05) is 9.50 Å². The molecular weight excluding hydrogens is 380 g/mol. The van der Waals surface area contributed by atoms with E-state index in [0.717, 1.165) is 21.2 Å². The molecule has 2 aromatic rings. The van der Waals surface area contributed by atoms with Crippen molar-refractivity contribution in [1.82, 2.24) is 5.43 Å². The van der Waals surface area contributed by atoms with E-state index in [0.29, 0.717) is 10.8 Å². The van der Waals surface area contributed by atoms with Gasteiger partial charge in [0.2, 0.25) is 0 Å². The summed E-state index contributed by atoms with van der Waals surface area (Å²) in [5.74, 6) is 0.278. The molecule has 6 heteroatoms. The maximum Gasteiger partial charge on any atom is 0.277 e. The highest BCUT2D eigenvalue weighted by molar-refractivity contribution is 9.10. The van der Waals surface area contributed by atoms with Crippen LogP contribution in [0.5, 0.6) is 5.75 Å². The van der Waals surface area contributed by atoms with Crippen molar-refractivity contribution >= 4 is 39.7 Å². The summed E-state index contributed by atoms with van der Waals surface area (Å²) in [6.07, 6.45) is 1.57. The van der Waals surface area contributed by atoms with Gasteiger partial charge in [0.05, 0.1) is 6.21 Å². The highest BCUT2D eigenvalue weighted by Gasteiger charge is 2.06. The van der Waals surface area contributed by atoms with Gasteiger partial charge in [-0.05, 0) is 54.8 Å². The molecule has 1 amide bonds. The number of hydrogen-bond acceptors (Lipinski definition) is 3. The van der Waals surface area contributed by atoms with Gasteiger partial charge in [-0.25, -0.2) is 5.43 Å². The molecule has 23 heavy (non-hydrogen) atoms. The summed E-state index contributed by atoms with van der Waals surface area (Å²) in [7, 11) is 0. The van der Waals surface area contributed by atoms with Crippen LogP contribution >= 0.6 is 27.5 Å². The number of nitrogens with zero attached hydrogens (tertiary/aromatic N) is 1. The minimum atomic E-state index is -0.330. The average molecular weight is 396 g/mol. The SMILES string of the molecule is Cc1cc(OCC(=O)N/N=C/c2ccc(Br)cc2)cc(C)c1Cl. The standard InChI is InChI=1S/C17H16BrClN2O2/c1-11-7-15(8-12(2)17(11)19)23-10-16(22)21-20-9-13-3-5-14(18)6-4-13/h3-9H,10H2,1-2H3,(H,21,22)/b20-9+. The van der Waals surface area contributed by atoms with Gasteiger partial charge in [-0.15, -0.1) is 0 Å². The number of benzene rings is 2. The molecule has 0 aliphatic rings. The molecule has 0 aliphatic carbocycles. The van der Waals surface area contributed by atoms with Crippen LogP contribution in [0.4, 0.5) is 0 Å². The van der Waals surface area contributed by atoms with Crippen LogP contribution in [0.15, 0.2) is 46.0 Å². The highest BCUT2D eigenvalue weighted by Crippen LogP contribution is 2.25. The third-order valence-electron chi connectivity index (χ3n) is 3.05. The lowest BCUT2D eigenvalue weighted by atomic mass is 10.1. The fourth-order valence-corrected chi connectivity index (χ4v) is 2.27. The number of hydrogen-bond donors (Lipinski definition) is 1. The first-order valence-corrected chi connectivity index (χ1v) is 8.10. The predicted octanol–water partition coefficient (Wildman–Crippen LogP) is 4.25. The summed E-state index contributed by atoms with van der Waals surface area (Å²) >= 11 is 9.45. The highest BCUT2D eigenvalue weighted by atomic mass is 79.9. The molecule has 0 saturated carbocycles. The van der Waals surface area contributed by atoms with Crippen LogP contribution in [0.1, 0.15) is 16.7 Å². The zero-order valence-electron chi connectivity index (χ0n) is 12.8. The number of halogens is 2. The Kier molecular flexibility index (Phi) is 6.19. The molecule has 0 spiro atoms. The Hall–Kier alpha value is -1.85. The van der Waals surface area contributed by atoms with Crippen LogP contribution in [0, 0.1) is 13.8 Å². The van der Waals surface area contributed by atoms with Gasteiger partial charge in [-0.2, -0.15) is 5.10 Å². The smallest absolute Gasteiger partial charge is 0.277 e. The van der Waals surface area contributed by atoms with E-state index in [2.05, 4.69) is 26.5 Å². The summed E-state index contributed by atoms with van der Waals surface area (Å²) in [5, 5.41) is 4.60. The van der Waals surface area contributed by atoms with Crippen molar-refractivity contribution < 1.29 is 9.53 Å². The number of hydrazone groups is 1. The van der Waals surface area contributed by atoms with E-state index < -0.39 is 0 Å². The minimum absolute atomic E-state index is 0.113. The Morgan fingerprint density at radius 2 is 1.87 bits per heavy atom. The molecule has 0 fully saturated rings. The van der Waals surface area contributed by atoms with Crippen molar-refractivity contribution in [1.29, 1.82) is 0 Å². The molecule has 0 unspecified atom stereocenters. The van der Waals surface area contributed by atoms with E-state index in [1.807, 2.05) is 38.1 Å². The number of carbonyl (C=O) groups is 1. The van der Waals surface area contributed by atoms with Gasteiger partial charge in [0.25, 0.3) is 5.91 Å². The van der Waals surface area contributed by atoms with Crippen molar-refractivity contribution in [2.45, 2.75) is 13.8 Å². The second-order valence-electron chi connectivity index (χ2n) is 5.00. The first-order chi connectivity index (χ1) is 11.0. The molecule has 0 aromatic heterocycles. The van der Waals surface area contributed by atoms with E-state index in [9.17, 15) is 4.79 Å². The van der Waals surface area contributed by atoms with Crippen LogP contribution in [-0.4, -0.2) is 18.7 Å². The molecule has 4 nitrogen and oxygen atoms in total. The van der Waals surface area contributed by atoms with Crippen molar-refractivity contribution in [2.24, 2.45) is 5.10 Å². The van der Waals surface area contributed by atoms with Gasteiger partial charge in [-0.3, -0.25) is 4.79 Å². The van der Waals surface area contributed by atoms with Crippen LogP contribution in [0.3, 0.4) is 0 Å². The summed E-state index contributed by atoms with van der Waals surface area (Å²) in [6, 6.07) is 11.2. The van der Waals surface area contributed by atoms with Crippen LogP contribution in [0.2, 0.25) is 5.02 Å². The van der Waals surface area contributed by atoms with E-state index in [1.165, 1.54) is 0 Å². The number of ether oxygens (including phenoxy) is 1. The normalized spacial score (nSPS) is 10.8. The Morgan fingerprint density at radius 1 is 1.26 bits per heavy atom. The lowest BCUT2D eigenvalue weighted by Crippen LogP contribution is -2.24. The van der Waals surface area contributed by atoms with Gasteiger partial charge < -0.3 is 4.74 Å². The fraction of sp³-hybridized carbons (Fsp3) is 0.176. The molecule has 120 valence electrons. The molecule has 0 saturated heterocycles. The van der Waals surface area contributed by atoms with E-state index >= 15 is 0 Å². The molecule has 0 aliphatic heterocycles. The molecular formula is C17H16BrClN2O2. The first kappa shape index (κ1) is 17.5. The molecule has 0 bridgehead atoms. The van der Waals surface area contributed by atoms with Crippen LogP contribution in [-0.2, 0) is 4.79 Å². The molecule has 2 rings (SSSR count). The third kappa shape index (κ3) is 5.37. The largest absolute Gasteiger partial charge is 0.484 e. The number of rotatable bonds is 5. The summed E-state index contributed by atoms with van der Waals surface area (Å²) in [5.41, 5.74) is 5.14. The molecule has 0 radical (unpaired) electrons. The Balaban J connectivity index is 1.84. The zero-order valence-corrected chi connectivity index (χ0v) is 15.1. The lowest BCUT2D eigenvalue weighted by Gasteiger charge is -2.09. The van der Waals surface area contributed by atoms with Crippen molar-refractivity contribution in [3.63, 3.8) is 0 Å². The number of amides is 1. The lowest BCUT2D eigenvalue weighted by molar-refractivity contribution is -0.123. The van der Waals surface area contributed by atoms with Gasteiger partial charge in [-0.1, -0.05) is 39.7 Å². The second-order valence-corrected chi connectivity index (χ2v) is 6.30. The predicted molar refractivity (Wildman–Crippen MR) is 96.3 cm³/mol.